The fourth-order valence-corrected chi connectivity index (χ4v) is 1.74. The Morgan fingerprint density at radius 2 is 2.29 bits per heavy atom. The van der Waals surface area contributed by atoms with Crippen molar-refractivity contribution in [3.8, 4) is 5.75 Å². The van der Waals surface area contributed by atoms with E-state index >= 15 is 0 Å². The molecular weight excluding hydrogens is 205 g/mol. The Labute approximate surface area is 85.6 Å². The monoisotopic (exact) mass is 213 g/mol. The van der Waals surface area contributed by atoms with Crippen molar-refractivity contribution in [1.82, 2.24) is 4.98 Å². The average Bonchev–Trinajstić information content (AvgIpc) is 2.60. The molecule has 0 spiro atoms. The molecule has 0 aliphatic carbocycles. The van der Waals surface area contributed by atoms with Crippen molar-refractivity contribution >= 4 is 22.5 Å². The molecule has 0 saturated carbocycles. The van der Waals surface area contributed by atoms with Crippen LogP contribution in [0, 0.1) is 5.82 Å². The first kappa shape index (κ1) is 9.34. The lowest BCUT2D eigenvalue weighted by Gasteiger charge is -2.02. The Morgan fingerprint density at radius 1 is 1.50 bits per heavy atom. The Balaban J connectivity index is 2.76. The quantitative estimate of drug-likeness (QED) is 0.762. The third-order valence-electron chi connectivity index (χ3n) is 2.19. The number of rotatable bonds is 2. The van der Waals surface area contributed by atoms with Gasteiger partial charge in [-0.05, 0) is 17.7 Å². The standard InChI is InChI=1S/C10H9ClFNO/c1-14-10-8(12)3-2-7-6(4-11)5-13-9(7)10/h2-3,5,13H,4H2,1H3. The van der Waals surface area contributed by atoms with E-state index in [1.54, 1.807) is 12.3 Å². The number of aromatic nitrogens is 1. The summed E-state index contributed by atoms with van der Waals surface area (Å²) in [6.45, 7) is 0. The summed E-state index contributed by atoms with van der Waals surface area (Å²) < 4.78 is 18.2. The van der Waals surface area contributed by atoms with Gasteiger partial charge in [0.05, 0.1) is 12.6 Å². The summed E-state index contributed by atoms with van der Waals surface area (Å²) in [7, 11) is 1.44. The number of alkyl halides is 1. The Hall–Kier alpha value is -1.22. The SMILES string of the molecule is COc1c(F)ccc2c(CCl)c[nH]c12. The third-order valence-corrected chi connectivity index (χ3v) is 2.48. The number of ether oxygens (including phenoxy) is 1. The summed E-state index contributed by atoms with van der Waals surface area (Å²) in [6, 6.07) is 3.08. The van der Waals surface area contributed by atoms with Crippen molar-refractivity contribution in [2.24, 2.45) is 0 Å². The summed E-state index contributed by atoms with van der Waals surface area (Å²) in [5.41, 5.74) is 1.60. The van der Waals surface area contributed by atoms with Crippen LogP contribution in [0.25, 0.3) is 10.9 Å². The van der Waals surface area contributed by atoms with Crippen LogP contribution in [0.15, 0.2) is 18.3 Å². The molecule has 14 heavy (non-hydrogen) atoms. The second-order valence-electron chi connectivity index (χ2n) is 2.95. The fraction of sp³-hybridized carbons (Fsp3) is 0.200. The average molecular weight is 214 g/mol. The van der Waals surface area contributed by atoms with Crippen LogP contribution in [0.3, 0.4) is 0 Å². The van der Waals surface area contributed by atoms with E-state index in [0.29, 0.717) is 11.4 Å². The number of benzene rings is 1. The number of hydrogen-bond donors (Lipinski definition) is 1. The minimum Gasteiger partial charge on any atom is -0.492 e. The molecule has 1 heterocycles. The minimum atomic E-state index is -0.372. The van der Waals surface area contributed by atoms with E-state index in [9.17, 15) is 4.39 Å². The van der Waals surface area contributed by atoms with Gasteiger partial charge in [0.25, 0.3) is 0 Å². The van der Waals surface area contributed by atoms with E-state index in [4.69, 9.17) is 16.3 Å². The highest BCUT2D eigenvalue weighted by atomic mass is 35.5. The molecule has 0 unspecified atom stereocenters. The van der Waals surface area contributed by atoms with E-state index in [1.165, 1.54) is 13.2 Å². The van der Waals surface area contributed by atoms with Crippen molar-refractivity contribution in [3.05, 3.63) is 29.7 Å². The van der Waals surface area contributed by atoms with Crippen molar-refractivity contribution in [3.63, 3.8) is 0 Å². The molecular formula is C10H9ClFNO. The Kier molecular flexibility index (Phi) is 2.33. The number of aromatic amines is 1. The zero-order valence-electron chi connectivity index (χ0n) is 7.60. The Bertz CT molecular complexity index is 466. The van der Waals surface area contributed by atoms with Crippen LogP contribution in [0.1, 0.15) is 5.56 Å². The zero-order chi connectivity index (χ0) is 10.1. The van der Waals surface area contributed by atoms with E-state index in [2.05, 4.69) is 4.98 Å². The molecule has 0 radical (unpaired) electrons. The number of methoxy groups -OCH3 is 1. The lowest BCUT2D eigenvalue weighted by atomic mass is 10.2. The smallest absolute Gasteiger partial charge is 0.178 e. The highest BCUT2D eigenvalue weighted by Gasteiger charge is 2.11. The van der Waals surface area contributed by atoms with Gasteiger partial charge in [0, 0.05) is 17.5 Å². The van der Waals surface area contributed by atoms with Crippen molar-refractivity contribution in [2.45, 2.75) is 5.88 Å². The predicted octanol–water partition coefficient (Wildman–Crippen LogP) is 3.05. The number of halogens is 2. The lowest BCUT2D eigenvalue weighted by Crippen LogP contribution is -1.89. The summed E-state index contributed by atoms with van der Waals surface area (Å²) >= 11 is 5.73. The zero-order valence-corrected chi connectivity index (χ0v) is 8.36. The molecule has 0 aliphatic rings. The van der Waals surface area contributed by atoms with Crippen LogP contribution in [0.4, 0.5) is 4.39 Å². The third kappa shape index (κ3) is 1.24. The molecule has 0 bridgehead atoms. The van der Waals surface area contributed by atoms with Gasteiger partial charge in [0.15, 0.2) is 11.6 Å². The van der Waals surface area contributed by atoms with Crippen molar-refractivity contribution < 1.29 is 9.13 Å². The van der Waals surface area contributed by atoms with Gasteiger partial charge in [-0.2, -0.15) is 0 Å². The van der Waals surface area contributed by atoms with Crippen LogP contribution < -0.4 is 4.74 Å². The van der Waals surface area contributed by atoms with Gasteiger partial charge < -0.3 is 9.72 Å². The first-order valence-corrected chi connectivity index (χ1v) is 4.69. The van der Waals surface area contributed by atoms with E-state index in [-0.39, 0.29) is 11.6 Å². The fourth-order valence-electron chi connectivity index (χ4n) is 1.52. The second kappa shape index (κ2) is 3.50. The molecule has 4 heteroatoms. The van der Waals surface area contributed by atoms with E-state index in [1.807, 2.05) is 0 Å². The maximum Gasteiger partial charge on any atom is 0.178 e. The van der Waals surface area contributed by atoms with Crippen molar-refractivity contribution in [2.75, 3.05) is 7.11 Å². The highest BCUT2D eigenvalue weighted by molar-refractivity contribution is 6.18. The van der Waals surface area contributed by atoms with Crippen molar-refractivity contribution in [1.29, 1.82) is 0 Å². The second-order valence-corrected chi connectivity index (χ2v) is 3.22. The lowest BCUT2D eigenvalue weighted by molar-refractivity contribution is 0.391. The van der Waals surface area contributed by atoms with Gasteiger partial charge >= 0.3 is 0 Å². The predicted molar refractivity (Wildman–Crippen MR) is 54.4 cm³/mol. The maximum absolute atomic E-state index is 13.3. The first-order chi connectivity index (χ1) is 6.77. The molecule has 0 atom stereocenters. The molecule has 1 aromatic carbocycles. The first-order valence-electron chi connectivity index (χ1n) is 4.16. The summed E-state index contributed by atoms with van der Waals surface area (Å²) in [4.78, 5) is 2.95. The molecule has 0 amide bonds. The highest BCUT2D eigenvalue weighted by Crippen LogP contribution is 2.30. The van der Waals surface area contributed by atoms with E-state index in [0.717, 1.165) is 10.9 Å². The number of H-pyrrole nitrogens is 1. The van der Waals surface area contributed by atoms with Gasteiger partial charge in [-0.25, -0.2) is 4.39 Å². The van der Waals surface area contributed by atoms with Crippen LogP contribution >= 0.6 is 11.6 Å². The molecule has 74 valence electrons. The van der Waals surface area contributed by atoms with Crippen LogP contribution in [0.2, 0.25) is 0 Å². The largest absolute Gasteiger partial charge is 0.492 e. The molecule has 2 aromatic rings. The van der Waals surface area contributed by atoms with Crippen LogP contribution in [-0.4, -0.2) is 12.1 Å². The van der Waals surface area contributed by atoms with Crippen LogP contribution in [0.5, 0.6) is 5.75 Å². The normalized spacial score (nSPS) is 10.8. The van der Waals surface area contributed by atoms with E-state index < -0.39 is 0 Å². The molecule has 0 saturated heterocycles. The molecule has 2 nitrogen and oxygen atoms in total. The molecule has 1 N–H and O–H groups in total. The topological polar surface area (TPSA) is 25.0 Å². The molecule has 2 rings (SSSR count). The minimum absolute atomic E-state index is 0.235. The molecule has 0 fully saturated rings. The van der Waals surface area contributed by atoms with Gasteiger partial charge in [0.1, 0.15) is 0 Å². The number of nitrogens with one attached hydrogen (secondary N) is 1. The maximum atomic E-state index is 13.3. The molecule has 0 aliphatic heterocycles. The number of hydrogen-bond acceptors (Lipinski definition) is 1. The van der Waals surface area contributed by atoms with Gasteiger partial charge in [0.2, 0.25) is 0 Å². The summed E-state index contributed by atoms with van der Waals surface area (Å²) in [6.07, 6.45) is 1.76. The Morgan fingerprint density at radius 3 is 2.93 bits per heavy atom. The van der Waals surface area contributed by atoms with Gasteiger partial charge in [-0.1, -0.05) is 0 Å². The summed E-state index contributed by atoms with van der Waals surface area (Å²) in [5, 5.41) is 0.901. The number of fused-ring (bicyclic) bond motifs is 1. The van der Waals surface area contributed by atoms with Gasteiger partial charge in [-0.15, -0.1) is 11.6 Å². The van der Waals surface area contributed by atoms with Gasteiger partial charge in [-0.3, -0.25) is 0 Å². The summed E-state index contributed by atoms with van der Waals surface area (Å²) in [5.74, 6) is 0.260. The molecule has 1 aromatic heterocycles. The van der Waals surface area contributed by atoms with Crippen LogP contribution in [-0.2, 0) is 5.88 Å².